The second-order valence-corrected chi connectivity index (χ2v) is 6.51. The van der Waals surface area contributed by atoms with E-state index in [0.29, 0.717) is 37.4 Å². The van der Waals surface area contributed by atoms with E-state index in [1.165, 1.54) is 6.08 Å². The molecule has 0 bridgehead atoms. The molecule has 0 fully saturated rings. The van der Waals surface area contributed by atoms with E-state index in [4.69, 9.17) is 9.47 Å². The Morgan fingerprint density at radius 1 is 1.11 bits per heavy atom. The summed E-state index contributed by atoms with van der Waals surface area (Å²) in [6.45, 7) is 2.15. The number of carbonyl (C=O) groups excluding carboxylic acids is 2. The predicted octanol–water partition coefficient (Wildman–Crippen LogP) is 5.13. The summed E-state index contributed by atoms with van der Waals surface area (Å²) in [5.74, 6) is 0.872. The number of hydrogen-bond donors (Lipinski definition) is 0. The smallest absolute Gasteiger partial charge is 0.330 e. The SMILES string of the molecule is CCOC(=O)/C=C/CCC1=C(Oc2ccc3ccccc3c2)C(=O)CCC1. The molecule has 0 N–H and O–H groups in total. The molecule has 0 aromatic heterocycles. The van der Waals surface area contributed by atoms with Crippen LogP contribution in [0.15, 0.2) is 65.9 Å². The average molecular weight is 364 g/mol. The molecule has 4 heteroatoms. The van der Waals surface area contributed by atoms with Gasteiger partial charge in [0.1, 0.15) is 5.75 Å². The molecule has 0 atom stereocenters. The standard InChI is InChI=1S/C23H24O4/c1-2-26-22(25)13-6-5-9-18-11-7-12-21(24)23(18)27-20-15-14-17-8-3-4-10-19(17)16-20/h3-4,6,8,10,13-16H,2,5,7,9,11-12H2,1H3/b13-6+. The third-order valence-corrected chi connectivity index (χ3v) is 4.55. The van der Waals surface area contributed by atoms with Crippen LogP contribution in [0.4, 0.5) is 0 Å². The number of benzene rings is 2. The molecule has 140 valence electrons. The molecule has 0 unspecified atom stereocenters. The third kappa shape index (κ3) is 5.07. The minimum absolute atomic E-state index is 0.0544. The normalized spacial score (nSPS) is 14.8. The van der Waals surface area contributed by atoms with E-state index in [0.717, 1.165) is 29.2 Å². The van der Waals surface area contributed by atoms with E-state index < -0.39 is 0 Å². The van der Waals surface area contributed by atoms with E-state index in [1.54, 1.807) is 13.0 Å². The molecule has 0 radical (unpaired) electrons. The fourth-order valence-corrected chi connectivity index (χ4v) is 3.23. The maximum absolute atomic E-state index is 12.4. The summed E-state index contributed by atoms with van der Waals surface area (Å²) in [4.78, 5) is 23.8. The summed E-state index contributed by atoms with van der Waals surface area (Å²) in [5.41, 5.74) is 1.02. The molecule has 2 aromatic carbocycles. The van der Waals surface area contributed by atoms with Gasteiger partial charge in [0.15, 0.2) is 11.5 Å². The zero-order valence-electron chi connectivity index (χ0n) is 15.6. The molecule has 27 heavy (non-hydrogen) atoms. The lowest BCUT2D eigenvalue weighted by Gasteiger charge is -2.19. The van der Waals surface area contributed by atoms with Crippen LogP contribution in [-0.2, 0) is 14.3 Å². The lowest BCUT2D eigenvalue weighted by molar-refractivity contribution is -0.137. The van der Waals surface area contributed by atoms with Crippen molar-refractivity contribution < 1.29 is 19.1 Å². The summed E-state index contributed by atoms with van der Waals surface area (Å²) >= 11 is 0. The minimum Gasteiger partial charge on any atom is -0.463 e. The van der Waals surface area contributed by atoms with Crippen LogP contribution < -0.4 is 4.74 Å². The van der Waals surface area contributed by atoms with Crippen molar-refractivity contribution in [3.05, 3.63) is 65.9 Å². The molecule has 2 aromatic rings. The highest BCUT2D eigenvalue weighted by atomic mass is 16.5. The van der Waals surface area contributed by atoms with Crippen LogP contribution in [-0.4, -0.2) is 18.4 Å². The Morgan fingerprint density at radius 2 is 1.93 bits per heavy atom. The largest absolute Gasteiger partial charge is 0.463 e. The summed E-state index contributed by atoms with van der Waals surface area (Å²) in [7, 11) is 0. The van der Waals surface area contributed by atoms with Crippen molar-refractivity contribution in [3.8, 4) is 5.75 Å². The predicted molar refractivity (Wildman–Crippen MR) is 105 cm³/mol. The van der Waals surface area contributed by atoms with Gasteiger partial charge in [-0.3, -0.25) is 4.79 Å². The van der Waals surface area contributed by atoms with Crippen LogP contribution >= 0.6 is 0 Å². The number of ether oxygens (including phenoxy) is 2. The average Bonchev–Trinajstić information content (AvgIpc) is 2.67. The Hall–Kier alpha value is -2.88. The lowest BCUT2D eigenvalue weighted by atomic mass is 9.93. The second kappa shape index (κ2) is 9.17. The molecule has 0 spiro atoms. The highest BCUT2D eigenvalue weighted by Gasteiger charge is 2.22. The number of fused-ring (bicyclic) bond motifs is 1. The first-order chi connectivity index (χ1) is 13.2. The highest BCUT2D eigenvalue weighted by molar-refractivity contribution is 5.95. The molecular formula is C23H24O4. The van der Waals surface area contributed by atoms with Crippen LogP contribution in [0.5, 0.6) is 5.75 Å². The topological polar surface area (TPSA) is 52.6 Å². The number of carbonyl (C=O) groups is 2. The van der Waals surface area contributed by atoms with Crippen molar-refractivity contribution in [2.24, 2.45) is 0 Å². The maximum atomic E-state index is 12.4. The molecule has 0 saturated heterocycles. The Balaban J connectivity index is 1.73. The summed E-state index contributed by atoms with van der Waals surface area (Å²) < 4.78 is 10.9. The molecule has 3 rings (SSSR count). The van der Waals surface area contributed by atoms with Crippen molar-refractivity contribution >= 4 is 22.5 Å². The van der Waals surface area contributed by atoms with Crippen molar-refractivity contribution in [1.29, 1.82) is 0 Å². The van der Waals surface area contributed by atoms with Gasteiger partial charge < -0.3 is 9.47 Å². The van der Waals surface area contributed by atoms with E-state index in [9.17, 15) is 9.59 Å². The molecule has 1 aliphatic rings. The minimum atomic E-state index is -0.334. The Labute approximate surface area is 159 Å². The van der Waals surface area contributed by atoms with Crippen LogP contribution in [0.25, 0.3) is 10.8 Å². The molecule has 4 nitrogen and oxygen atoms in total. The zero-order valence-corrected chi connectivity index (χ0v) is 15.6. The van der Waals surface area contributed by atoms with Crippen LogP contribution in [0.2, 0.25) is 0 Å². The molecule has 0 heterocycles. The van der Waals surface area contributed by atoms with Gasteiger partial charge in [-0.15, -0.1) is 0 Å². The Bertz CT molecular complexity index is 892. The van der Waals surface area contributed by atoms with Gasteiger partial charge in [-0.25, -0.2) is 4.79 Å². The van der Waals surface area contributed by atoms with Crippen molar-refractivity contribution in [3.63, 3.8) is 0 Å². The Morgan fingerprint density at radius 3 is 2.74 bits per heavy atom. The van der Waals surface area contributed by atoms with Crippen molar-refractivity contribution in [1.82, 2.24) is 0 Å². The molecule has 0 aliphatic heterocycles. The third-order valence-electron chi connectivity index (χ3n) is 4.55. The Kier molecular flexibility index (Phi) is 6.42. The molecule has 1 aliphatic carbocycles. The van der Waals surface area contributed by atoms with E-state index in [2.05, 4.69) is 0 Å². The number of hydrogen-bond acceptors (Lipinski definition) is 4. The number of allylic oxidation sites excluding steroid dienone is 3. The first-order valence-electron chi connectivity index (χ1n) is 9.42. The summed E-state index contributed by atoms with van der Waals surface area (Å²) in [6.07, 6.45) is 6.82. The lowest BCUT2D eigenvalue weighted by Crippen LogP contribution is -2.16. The number of rotatable bonds is 7. The van der Waals surface area contributed by atoms with Gasteiger partial charge in [-0.1, -0.05) is 36.4 Å². The van der Waals surface area contributed by atoms with Gasteiger partial charge in [-0.05, 0) is 61.1 Å². The van der Waals surface area contributed by atoms with Gasteiger partial charge in [0.25, 0.3) is 0 Å². The fraction of sp³-hybridized carbons (Fsp3) is 0.304. The highest BCUT2D eigenvalue weighted by Crippen LogP contribution is 2.29. The number of esters is 1. The first-order valence-corrected chi connectivity index (χ1v) is 9.42. The first kappa shape index (κ1) is 18.9. The van der Waals surface area contributed by atoms with Gasteiger partial charge in [-0.2, -0.15) is 0 Å². The fourth-order valence-electron chi connectivity index (χ4n) is 3.23. The van der Waals surface area contributed by atoms with Crippen LogP contribution in [0.1, 0.15) is 39.0 Å². The summed E-state index contributed by atoms with van der Waals surface area (Å²) in [6, 6.07) is 13.9. The van der Waals surface area contributed by atoms with Crippen molar-refractivity contribution in [2.45, 2.75) is 39.0 Å². The molecule has 0 amide bonds. The number of ketones is 1. The van der Waals surface area contributed by atoms with Crippen LogP contribution in [0.3, 0.4) is 0 Å². The quantitative estimate of drug-likeness (QED) is 0.505. The molecular weight excluding hydrogens is 340 g/mol. The van der Waals surface area contributed by atoms with E-state index >= 15 is 0 Å². The van der Waals surface area contributed by atoms with E-state index in [-0.39, 0.29) is 11.8 Å². The monoisotopic (exact) mass is 364 g/mol. The second-order valence-electron chi connectivity index (χ2n) is 6.51. The summed E-state index contributed by atoms with van der Waals surface area (Å²) in [5, 5.41) is 2.22. The molecule has 0 saturated carbocycles. The van der Waals surface area contributed by atoms with Gasteiger partial charge >= 0.3 is 5.97 Å². The van der Waals surface area contributed by atoms with Crippen LogP contribution in [0, 0.1) is 0 Å². The van der Waals surface area contributed by atoms with Crippen molar-refractivity contribution in [2.75, 3.05) is 6.61 Å². The number of Topliss-reactive ketones (excluding diaryl/α,β-unsaturated/α-hetero) is 1. The zero-order chi connectivity index (χ0) is 19.1. The van der Waals surface area contributed by atoms with Gasteiger partial charge in [0.2, 0.25) is 0 Å². The van der Waals surface area contributed by atoms with E-state index in [1.807, 2.05) is 42.5 Å². The van der Waals surface area contributed by atoms with Gasteiger partial charge in [0, 0.05) is 12.5 Å². The van der Waals surface area contributed by atoms with Gasteiger partial charge in [0.05, 0.1) is 6.61 Å². The maximum Gasteiger partial charge on any atom is 0.330 e.